The summed E-state index contributed by atoms with van der Waals surface area (Å²) in [6.45, 7) is 6.03. The van der Waals surface area contributed by atoms with E-state index < -0.39 is 0 Å². The van der Waals surface area contributed by atoms with Crippen molar-refractivity contribution in [2.45, 2.75) is 20.8 Å². The number of amides is 2. The third-order valence-corrected chi connectivity index (χ3v) is 4.71. The van der Waals surface area contributed by atoms with Crippen molar-refractivity contribution in [3.63, 3.8) is 0 Å². The topological polar surface area (TPSA) is 70.2 Å². The molecule has 0 heterocycles. The number of anilines is 3. The van der Waals surface area contributed by atoms with Crippen LogP contribution in [-0.4, -0.2) is 18.4 Å². The minimum Gasteiger partial charge on any atom is -0.376 e. The van der Waals surface area contributed by atoms with E-state index in [2.05, 4.69) is 16.0 Å². The van der Waals surface area contributed by atoms with Gasteiger partial charge in [0.05, 0.1) is 6.54 Å². The zero-order valence-electron chi connectivity index (χ0n) is 16.9. The fourth-order valence-corrected chi connectivity index (χ4v) is 3.07. The highest BCUT2D eigenvalue weighted by Crippen LogP contribution is 2.24. The number of rotatable bonds is 6. The molecule has 5 heteroatoms. The van der Waals surface area contributed by atoms with Gasteiger partial charge in [0.25, 0.3) is 5.91 Å². The molecular formula is C24H25N3O2. The summed E-state index contributed by atoms with van der Waals surface area (Å²) >= 11 is 0. The van der Waals surface area contributed by atoms with Crippen molar-refractivity contribution < 1.29 is 9.59 Å². The van der Waals surface area contributed by atoms with Gasteiger partial charge in [-0.25, -0.2) is 0 Å². The number of benzene rings is 3. The molecule has 3 aromatic rings. The van der Waals surface area contributed by atoms with Crippen molar-refractivity contribution in [2.24, 2.45) is 0 Å². The van der Waals surface area contributed by atoms with Gasteiger partial charge in [0.15, 0.2) is 0 Å². The van der Waals surface area contributed by atoms with Crippen LogP contribution in [-0.2, 0) is 4.79 Å². The molecule has 0 saturated carbocycles. The lowest BCUT2D eigenvalue weighted by Gasteiger charge is -2.15. The van der Waals surface area contributed by atoms with Gasteiger partial charge in [-0.2, -0.15) is 0 Å². The van der Waals surface area contributed by atoms with Gasteiger partial charge in [0, 0.05) is 22.6 Å². The van der Waals surface area contributed by atoms with Crippen LogP contribution in [0.3, 0.4) is 0 Å². The molecule has 0 aliphatic carbocycles. The monoisotopic (exact) mass is 387 g/mol. The van der Waals surface area contributed by atoms with Crippen LogP contribution in [0.1, 0.15) is 27.0 Å². The molecule has 0 atom stereocenters. The molecule has 0 radical (unpaired) electrons. The van der Waals surface area contributed by atoms with Crippen molar-refractivity contribution in [3.05, 3.63) is 89.0 Å². The molecule has 2 amide bonds. The molecule has 0 fully saturated rings. The zero-order chi connectivity index (χ0) is 20.8. The molecule has 0 aromatic heterocycles. The Labute approximate surface area is 171 Å². The van der Waals surface area contributed by atoms with Gasteiger partial charge in [0.1, 0.15) is 0 Å². The molecule has 29 heavy (non-hydrogen) atoms. The summed E-state index contributed by atoms with van der Waals surface area (Å²) in [6, 6.07) is 20.6. The molecule has 3 aromatic carbocycles. The second kappa shape index (κ2) is 9.06. The Morgan fingerprint density at radius 2 is 1.48 bits per heavy atom. The molecule has 0 unspecified atom stereocenters. The van der Waals surface area contributed by atoms with E-state index in [1.54, 1.807) is 12.1 Å². The standard InChI is InChI=1S/C24H25N3O2/c1-16-12-13-20(17(2)14-16)26-23(28)15-25-21-10-7-11-22(18(21)3)27-24(29)19-8-5-4-6-9-19/h4-14,25H,15H2,1-3H3,(H,26,28)(H,27,29). The fraction of sp³-hybridized carbons (Fsp3) is 0.167. The maximum Gasteiger partial charge on any atom is 0.255 e. The van der Waals surface area contributed by atoms with Gasteiger partial charge < -0.3 is 16.0 Å². The van der Waals surface area contributed by atoms with Crippen molar-refractivity contribution in [1.29, 1.82) is 0 Å². The molecule has 5 nitrogen and oxygen atoms in total. The minimum absolute atomic E-state index is 0.129. The third kappa shape index (κ3) is 5.23. The maximum absolute atomic E-state index is 12.4. The molecule has 0 aliphatic rings. The lowest BCUT2D eigenvalue weighted by Crippen LogP contribution is -2.22. The third-order valence-electron chi connectivity index (χ3n) is 4.71. The van der Waals surface area contributed by atoms with Gasteiger partial charge in [0.2, 0.25) is 5.91 Å². The van der Waals surface area contributed by atoms with E-state index in [1.165, 1.54) is 0 Å². The summed E-state index contributed by atoms with van der Waals surface area (Å²) in [5, 5.41) is 9.01. The normalized spacial score (nSPS) is 10.3. The number of hydrogen-bond acceptors (Lipinski definition) is 3. The average Bonchev–Trinajstić information content (AvgIpc) is 2.71. The lowest BCUT2D eigenvalue weighted by molar-refractivity contribution is -0.114. The quantitative estimate of drug-likeness (QED) is 0.562. The van der Waals surface area contributed by atoms with Crippen molar-refractivity contribution in [1.82, 2.24) is 0 Å². The Morgan fingerprint density at radius 3 is 2.21 bits per heavy atom. The van der Waals surface area contributed by atoms with E-state index in [4.69, 9.17) is 0 Å². The van der Waals surface area contributed by atoms with E-state index >= 15 is 0 Å². The van der Waals surface area contributed by atoms with Crippen molar-refractivity contribution in [2.75, 3.05) is 22.5 Å². The van der Waals surface area contributed by atoms with E-state index in [1.807, 2.05) is 75.4 Å². The fourth-order valence-electron chi connectivity index (χ4n) is 3.07. The van der Waals surface area contributed by atoms with Crippen LogP contribution in [0.25, 0.3) is 0 Å². The van der Waals surface area contributed by atoms with Crippen LogP contribution in [0.15, 0.2) is 66.7 Å². The Hall–Kier alpha value is -3.60. The second-order valence-corrected chi connectivity index (χ2v) is 7.02. The van der Waals surface area contributed by atoms with Crippen molar-refractivity contribution >= 4 is 28.9 Å². The predicted octanol–water partition coefficient (Wildman–Crippen LogP) is 4.91. The first-order valence-corrected chi connectivity index (χ1v) is 9.51. The Kier molecular flexibility index (Phi) is 6.29. The van der Waals surface area contributed by atoms with Crippen LogP contribution in [0.4, 0.5) is 17.1 Å². The molecule has 0 spiro atoms. The first-order chi connectivity index (χ1) is 13.9. The molecule has 3 N–H and O–H groups in total. The second-order valence-electron chi connectivity index (χ2n) is 7.02. The molecule has 148 valence electrons. The average molecular weight is 387 g/mol. The summed E-state index contributed by atoms with van der Waals surface area (Å²) in [5.41, 5.74) is 5.96. The number of hydrogen-bond donors (Lipinski definition) is 3. The zero-order valence-corrected chi connectivity index (χ0v) is 16.9. The summed E-state index contributed by atoms with van der Waals surface area (Å²) in [5.74, 6) is -0.298. The lowest BCUT2D eigenvalue weighted by atomic mass is 10.1. The van der Waals surface area contributed by atoms with Gasteiger partial charge in [-0.1, -0.05) is 42.0 Å². The van der Waals surface area contributed by atoms with Crippen LogP contribution >= 0.6 is 0 Å². The van der Waals surface area contributed by atoms with E-state index in [-0.39, 0.29) is 18.4 Å². The summed E-state index contributed by atoms with van der Waals surface area (Å²) in [4.78, 5) is 24.7. The van der Waals surface area contributed by atoms with Gasteiger partial charge in [-0.15, -0.1) is 0 Å². The summed E-state index contributed by atoms with van der Waals surface area (Å²) in [6.07, 6.45) is 0. The minimum atomic E-state index is -0.168. The highest BCUT2D eigenvalue weighted by Gasteiger charge is 2.11. The van der Waals surface area contributed by atoms with E-state index in [0.717, 1.165) is 28.1 Å². The smallest absolute Gasteiger partial charge is 0.255 e. The molecule has 0 bridgehead atoms. The van der Waals surface area contributed by atoms with Crippen molar-refractivity contribution in [3.8, 4) is 0 Å². The van der Waals surface area contributed by atoms with Gasteiger partial charge >= 0.3 is 0 Å². The number of carbonyl (C=O) groups excluding carboxylic acids is 2. The van der Waals surface area contributed by atoms with Crippen LogP contribution < -0.4 is 16.0 Å². The molecule has 3 rings (SSSR count). The highest BCUT2D eigenvalue weighted by atomic mass is 16.2. The number of nitrogens with one attached hydrogen (secondary N) is 3. The SMILES string of the molecule is Cc1ccc(NC(=O)CNc2cccc(NC(=O)c3ccccc3)c2C)c(C)c1. The van der Waals surface area contributed by atoms with Gasteiger partial charge in [-0.3, -0.25) is 9.59 Å². The highest BCUT2D eigenvalue weighted by molar-refractivity contribution is 6.05. The molecule has 0 saturated heterocycles. The Bertz CT molecular complexity index is 1030. The van der Waals surface area contributed by atoms with E-state index in [0.29, 0.717) is 11.3 Å². The summed E-state index contributed by atoms with van der Waals surface area (Å²) < 4.78 is 0. The van der Waals surface area contributed by atoms with Crippen LogP contribution in [0.2, 0.25) is 0 Å². The maximum atomic E-state index is 12.4. The van der Waals surface area contributed by atoms with Crippen LogP contribution in [0.5, 0.6) is 0 Å². The first-order valence-electron chi connectivity index (χ1n) is 9.51. The summed E-state index contributed by atoms with van der Waals surface area (Å²) in [7, 11) is 0. The predicted molar refractivity (Wildman–Crippen MR) is 119 cm³/mol. The number of aryl methyl sites for hydroxylation is 2. The molecule has 0 aliphatic heterocycles. The van der Waals surface area contributed by atoms with Gasteiger partial charge in [-0.05, 0) is 62.2 Å². The molecular weight excluding hydrogens is 362 g/mol. The Morgan fingerprint density at radius 1 is 0.759 bits per heavy atom. The first kappa shape index (κ1) is 20.1. The van der Waals surface area contributed by atoms with Crippen LogP contribution in [0, 0.1) is 20.8 Å². The largest absolute Gasteiger partial charge is 0.376 e. The Balaban J connectivity index is 1.63. The van der Waals surface area contributed by atoms with E-state index in [9.17, 15) is 9.59 Å². The number of carbonyl (C=O) groups is 2.